The number of anilines is 1. The SMILES string of the molecule is CN(C(=O)Nc1nnns1)C(C)(C)C(=O)O. The summed E-state index contributed by atoms with van der Waals surface area (Å²) in [4.78, 5) is 23.6. The van der Waals surface area contributed by atoms with E-state index in [0.717, 1.165) is 16.4 Å². The minimum absolute atomic E-state index is 0.220. The number of carboxylic acid groups (broad SMARTS) is 1. The van der Waals surface area contributed by atoms with Gasteiger partial charge in [0, 0.05) is 18.6 Å². The van der Waals surface area contributed by atoms with Crippen LogP contribution in [0, 0.1) is 0 Å². The van der Waals surface area contributed by atoms with Gasteiger partial charge in [-0.2, -0.15) is 0 Å². The van der Waals surface area contributed by atoms with Gasteiger partial charge in [-0.1, -0.05) is 9.59 Å². The molecule has 1 aromatic rings. The highest BCUT2D eigenvalue weighted by Crippen LogP contribution is 2.14. The first-order valence-corrected chi connectivity index (χ1v) is 5.06. The van der Waals surface area contributed by atoms with Crippen molar-refractivity contribution in [3.8, 4) is 0 Å². The van der Waals surface area contributed by atoms with Gasteiger partial charge in [0.1, 0.15) is 5.54 Å². The summed E-state index contributed by atoms with van der Waals surface area (Å²) in [6.07, 6.45) is 0. The molecule has 2 N–H and O–H groups in total. The number of amides is 2. The fourth-order valence-electron chi connectivity index (χ4n) is 0.755. The van der Waals surface area contributed by atoms with Crippen LogP contribution in [0.5, 0.6) is 0 Å². The van der Waals surface area contributed by atoms with Crippen molar-refractivity contribution in [1.29, 1.82) is 0 Å². The van der Waals surface area contributed by atoms with Crippen molar-refractivity contribution >= 4 is 28.7 Å². The molecule has 16 heavy (non-hydrogen) atoms. The third kappa shape index (κ3) is 2.42. The minimum atomic E-state index is -1.30. The summed E-state index contributed by atoms with van der Waals surface area (Å²) < 4.78 is 3.46. The van der Waals surface area contributed by atoms with Gasteiger partial charge in [0.05, 0.1) is 0 Å². The molecule has 2 amide bonds. The monoisotopic (exact) mass is 245 g/mol. The van der Waals surface area contributed by atoms with Crippen molar-refractivity contribution < 1.29 is 14.7 Å². The number of nitrogens with zero attached hydrogens (tertiary/aromatic N) is 4. The van der Waals surface area contributed by atoms with Crippen LogP contribution < -0.4 is 5.32 Å². The molecule has 0 aliphatic rings. The number of carbonyl (C=O) groups excluding carboxylic acids is 1. The molecule has 0 saturated heterocycles. The van der Waals surface area contributed by atoms with Gasteiger partial charge in [0.15, 0.2) is 0 Å². The summed E-state index contributed by atoms with van der Waals surface area (Å²) in [6, 6.07) is -0.578. The molecule has 0 aromatic carbocycles. The average Bonchev–Trinajstić information content (AvgIpc) is 2.68. The van der Waals surface area contributed by atoms with E-state index in [1.165, 1.54) is 20.9 Å². The predicted molar refractivity (Wildman–Crippen MR) is 56.2 cm³/mol. The zero-order chi connectivity index (χ0) is 12.3. The van der Waals surface area contributed by atoms with E-state index in [1.807, 2.05) is 0 Å². The van der Waals surface area contributed by atoms with Gasteiger partial charge in [0.25, 0.3) is 0 Å². The lowest BCUT2D eigenvalue weighted by molar-refractivity contribution is -0.146. The highest BCUT2D eigenvalue weighted by Gasteiger charge is 2.35. The van der Waals surface area contributed by atoms with E-state index in [9.17, 15) is 9.59 Å². The summed E-state index contributed by atoms with van der Waals surface area (Å²) in [5, 5.41) is 18.4. The molecule has 1 heterocycles. The van der Waals surface area contributed by atoms with Crippen LogP contribution in [-0.4, -0.2) is 49.4 Å². The molecular weight excluding hydrogens is 234 g/mol. The van der Waals surface area contributed by atoms with Gasteiger partial charge in [-0.15, -0.1) is 0 Å². The molecule has 0 atom stereocenters. The Hall–Kier alpha value is -1.77. The predicted octanol–water partition coefficient (Wildman–Crippen LogP) is 0.260. The Bertz CT molecular complexity index is 391. The molecule has 0 fully saturated rings. The van der Waals surface area contributed by atoms with E-state index in [0.29, 0.717) is 0 Å². The number of nitrogens with one attached hydrogen (secondary N) is 1. The number of aliphatic carboxylic acids is 1. The number of hydrogen-bond acceptors (Lipinski definition) is 6. The molecule has 0 spiro atoms. The molecular formula is C7H11N5O3S. The first kappa shape index (κ1) is 12.3. The second-order valence-electron chi connectivity index (χ2n) is 3.52. The second kappa shape index (κ2) is 4.39. The van der Waals surface area contributed by atoms with Gasteiger partial charge in [-0.05, 0) is 19.1 Å². The average molecular weight is 245 g/mol. The van der Waals surface area contributed by atoms with Crippen molar-refractivity contribution in [1.82, 2.24) is 19.7 Å². The molecule has 0 saturated carbocycles. The Kier molecular flexibility index (Phi) is 3.38. The minimum Gasteiger partial charge on any atom is -0.480 e. The molecule has 1 rings (SSSR count). The standard InChI is InChI=1S/C7H11N5O3S/c1-7(2,4(13)14)12(3)6(15)8-5-9-10-11-16-5/h1-3H3,(H,13,14)(H,8,9,11,15). The highest BCUT2D eigenvalue weighted by molar-refractivity contribution is 7.09. The number of hydrogen-bond donors (Lipinski definition) is 2. The van der Waals surface area contributed by atoms with E-state index in [2.05, 4.69) is 20.1 Å². The van der Waals surface area contributed by atoms with Crippen molar-refractivity contribution in [2.75, 3.05) is 12.4 Å². The second-order valence-corrected chi connectivity index (χ2v) is 4.25. The zero-order valence-corrected chi connectivity index (χ0v) is 9.78. The highest BCUT2D eigenvalue weighted by atomic mass is 32.1. The fraction of sp³-hybridized carbons (Fsp3) is 0.571. The lowest BCUT2D eigenvalue weighted by Crippen LogP contribution is -2.52. The van der Waals surface area contributed by atoms with Crippen molar-refractivity contribution in [2.45, 2.75) is 19.4 Å². The Morgan fingerprint density at radius 2 is 2.12 bits per heavy atom. The van der Waals surface area contributed by atoms with Crippen LogP contribution in [0.4, 0.5) is 9.93 Å². The van der Waals surface area contributed by atoms with Crippen LogP contribution in [-0.2, 0) is 4.79 Å². The van der Waals surface area contributed by atoms with E-state index < -0.39 is 17.5 Å². The van der Waals surface area contributed by atoms with Gasteiger partial charge in [0.2, 0.25) is 5.13 Å². The van der Waals surface area contributed by atoms with Crippen LogP contribution in [0.1, 0.15) is 13.8 Å². The fourth-order valence-corrected chi connectivity index (χ4v) is 1.11. The van der Waals surface area contributed by atoms with E-state index in [4.69, 9.17) is 5.11 Å². The van der Waals surface area contributed by atoms with Crippen molar-refractivity contribution in [3.63, 3.8) is 0 Å². The van der Waals surface area contributed by atoms with E-state index >= 15 is 0 Å². The Balaban J connectivity index is 2.71. The Morgan fingerprint density at radius 3 is 2.56 bits per heavy atom. The molecule has 9 heteroatoms. The molecule has 0 unspecified atom stereocenters. The van der Waals surface area contributed by atoms with Gasteiger partial charge in [-0.25, -0.2) is 9.59 Å². The van der Waals surface area contributed by atoms with Crippen molar-refractivity contribution in [3.05, 3.63) is 0 Å². The third-order valence-electron chi connectivity index (χ3n) is 2.18. The molecule has 0 radical (unpaired) electrons. The summed E-state index contributed by atoms with van der Waals surface area (Å²) in [5.41, 5.74) is -1.30. The summed E-state index contributed by atoms with van der Waals surface area (Å²) in [6.45, 7) is 2.85. The molecule has 88 valence electrons. The van der Waals surface area contributed by atoms with E-state index in [-0.39, 0.29) is 5.13 Å². The lowest BCUT2D eigenvalue weighted by Gasteiger charge is -2.30. The maximum absolute atomic E-state index is 11.6. The summed E-state index contributed by atoms with van der Waals surface area (Å²) in [7, 11) is 1.39. The first-order valence-electron chi connectivity index (χ1n) is 4.29. The normalized spacial score (nSPS) is 10.9. The Morgan fingerprint density at radius 1 is 1.50 bits per heavy atom. The van der Waals surface area contributed by atoms with Crippen LogP contribution in [0.2, 0.25) is 0 Å². The quantitative estimate of drug-likeness (QED) is 0.790. The number of carboxylic acids is 1. The number of carbonyl (C=O) groups is 2. The summed E-state index contributed by atoms with van der Waals surface area (Å²) in [5.74, 6) is -1.10. The zero-order valence-electron chi connectivity index (χ0n) is 8.96. The molecule has 8 nitrogen and oxygen atoms in total. The lowest BCUT2D eigenvalue weighted by atomic mass is 10.1. The molecule has 0 aliphatic heterocycles. The van der Waals surface area contributed by atoms with Crippen molar-refractivity contribution in [2.24, 2.45) is 0 Å². The largest absolute Gasteiger partial charge is 0.480 e. The molecule has 0 aliphatic carbocycles. The number of rotatable bonds is 3. The van der Waals surface area contributed by atoms with Crippen LogP contribution in [0.15, 0.2) is 0 Å². The van der Waals surface area contributed by atoms with Crippen LogP contribution in [0.25, 0.3) is 0 Å². The maximum atomic E-state index is 11.6. The van der Waals surface area contributed by atoms with Crippen LogP contribution in [0.3, 0.4) is 0 Å². The summed E-state index contributed by atoms with van der Waals surface area (Å²) >= 11 is 0.909. The first-order chi connectivity index (χ1) is 7.35. The van der Waals surface area contributed by atoms with Gasteiger partial charge >= 0.3 is 12.0 Å². The Labute approximate surface area is 95.4 Å². The number of urea groups is 1. The topological polar surface area (TPSA) is 108 Å². The van der Waals surface area contributed by atoms with E-state index in [1.54, 1.807) is 0 Å². The molecule has 1 aromatic heterocycles. The number of likely N-dealkylation sites (N-methyl/N-ethyl adjacent to an activating group) is 1. The van der Waals surface area contributed by atoms with Gasteiger partial charge < -0.3 is 10.0 Å². The van der Waals surface area contributed by atoms with Crippen LogP contribution >= 0.6 is 11.5 Å². The smallest absolute Gasteiger partial charge is 0.329 e. The molecule has 0 bridgehead atoms. The maximum Gasteiger partial charge on any atom is 0.329 e. The van der Waals surface area contributed by atoms with Gasteiger partial charge in [-0.3, -0.25) is 5.32 Å². The third-order valence-corrected chi connectivity index (χ3v) is 2.69. The number of aromatic nitrogens is 3.